The molecule has 23 heavy (non-hydrogen) atoms. The third-order valence-corrected chi connectivity index (χ3v) is 3.55. The lowest BCUT2D eigenvalue weighted by Crippen LogP contribution is -2.41. The van der Waals surface area contributed by atoms with Gasteiger partial charge < -0.3 is 15.3 Å². The fraction of sp³-hybridized carbons (Fsp3) is 0.375. The average molecular weight is 315 g/mol. The molecule has 1 saturated heterocycles. The maximum absolute atomic E-state index is 5.88. The number of rotatable bonds is 6. The summed E-state index contributed by atoms with van der Waals surface area (Å²) >= 11 is 0. The number of nitrogens with two attached hydrogens (primary N) is 1. The van der Waals surface area contributed by atoms with Crippen LogP contribution in [0.3, 0.4) is 0 Å². The summed E-state index contributed by atoms with van der Waals surface area (Å²) in [7, 11) is 0. The Morgan fingerprint density at radius 3 is 2.78 bits per heavy atom. The lowest BCUT2D eigenvalue weighted by Gasteiger charge is -2.25. The van der Waals surface area contributed by atoms with Crippen molar-refractivity contribution < 1.29 is 9.57 Å². The predicted molar refractivity (Wildman–Crippen MR) is 87.2 cm³/mol. The van der Waals surface area contributed by atoms with Crippen LogP contribution in [-0.2, 0) is 16.2 Å². The van der Waals surface area contributed by atoms with Crippen LogP contribution in [0.1, 0.15) is 5.69 Å². The van der Waals surface area contributed by atoms with Crippen molar-refractivity contribution in [2.24, 2.45) is 10.9 Å². The minimum atomic E-state index is 0.295. The quantitative estimate of drug-likeness (QED) is 0.489. The Bertz CT molecular complexity index is 635. The Labute approximate surface area is 135 Å². The predicted octanol–water partition coefficient (Wildman–Crippen LogP) is 0.993. The molecule has 0 unspecified atom stereocenters. The molecule has 0 amide bonds. The van der Waals surface area contributed by atoms with E-state index in [0.717, 1.165) is 37.7 Å². The number of benzene rings is 1. The molecule has 7 heteroatoms. The van der Waals surface area contributed by atoms with E-state index in [9.17, 15) is 0 Å². The van der Waals surface area contributed by atoms with Gasteiger partial charge in [-0.2, -0.15) is 5.10 Å². The van der Waals surface area contributed by atoms with E-state index in [0.29, 0.717) is 19.0 Å². The fourth-order valence-electron chi connectivity index (χ4n) is 2.36. The van der Waals surface area contributed by atoms with E-state index >= 15 is 0 Å². The van der Waals surface area contributed by atoms with Crippen molar-refractivity contribution >= 4 is 5.84 Å². The average Bonchev–Trinajstić information content (AvgIpc) is 3.05. The first kappa shape index (κ1) is 15.5. The Morgan fingerprint density at radius 2 is 2.00 bits per heavy atom. The Kier molecular flexibility index (Phi) is 5.23. The molecule has 0 aliphatic carbocycles. The molecule has 2 N–H and O–H groups in total. The molecule has 3 rings (SSSR count). The SMILES string of the molecule is N/C(CN1CCOCC1)=N\OCc1ccn(-c2ccccc2)n1. The van der Waals surface area contributed by atoms with E-state index in [2.05, 4.69) is 15.2 Å². The number of hydrogen-bond donors (Lipinski definition) is 1. The minimum Gasteiger partial charge on any atom is -0.388 e. The van der Waals surface area contributed by atoms with E-state index < -0.39 is 0 Å². The molecule has 122 valence electrons. The van der Waals surface area contributed by atoms with E-state index in [4.69, 9.17) is 15.3 Å². The van der Waals surface area contributed by atoms with Crippen LogP contribution in [0.4, 0.5) is 0 Å². The third kappa shape index (κ3) is 4.54. The van der Waals surface area contributed by atoms with Gasteiger partial charge in [-0.25, -0.2) is 4.68 Å². The smallest absolute Gasteiger partial charge is 0.161 e. The third-order valence-electron chi connectivity index (χ3n) is 3.55. The highest BCUT2D eigenvalue weighted by Gasteiger charge is 2.11. The zero-order valence-corrected chi connectivity index (χ0v) is 13.0. The lowest BCUT2D eigenvalue weighted by atomic mass is 10.3. The largest absolute Gasteiger partial charge is 0.388 e. The van der Waals surface area contributed by atoms with Gasteiger partial charge in [-0.05, 0) is 18.2 Å². The van der Waals surface area contributed by atoms with Crippen LogP contribution >= 0.6 is 0 Å². The molecule has 7 nitrogen and oxygen atoms in total. The molecule has 0 bridgehead atoms. The number of nitrogens with zero attached hydrogens (tertiary/aromatic N) is 4. The summed E-state index contributed by atoms with van der Waals surface area (Å²) < 4.78 is 7.10. The van der Waals surface area contributed by atoms with Crippen molar-refractivity contribution in [3.05, 3.63) is 48.3 Å². The molecule has 1 fully saturated rings. The molecule has 2 heterocycles. The summed E-state index contributed by atoms with van der Waals surface area (Å²) in [5, 5.41) is 8.41. The molecule has 1 aliphatic rings. The van der Waals surface area contributed by atoms with Gasteiger partial charge in [0.05, 0.1) is 25.4 Å². The van der Waals surface area contributed by atoms with Crippen LogP contribution < -0.4 is 5.73 Å². The second-order valence-corrected chi connectivity index (χ2v) is 5.33. The van der Waals surface area contributed by atoms with Gasteiger partial charge in [0.2, 0.25) is 0 Å². The zero-order valence-electron chi connectivity index (χ0n) is 13.0. The van der Waals surface area contributed by atoms with Gasteiger partial charge >= 0.3 is 0 Å². The Morgan fingerprint density at radius 1 is 1.22 bits per heavy atom. The van der Waals surface area contributed by atoms with Crippen LogP contribution in [0.15, 0.2) is 47.8 Å². The van der Waals surface area contributed by atoms with Gasteiger partial charge in [-0.1, -0.05) is 23.4 Å². The highest BCUT2D eigenvalue weighted by atomic mass is 16.6. The van der Waals surface area contributed by atoms with Gasteiger partial charge in [-0.15, -0.1) is 0 Å². The molecule has 0 radical (unpaired) electrons. The maximum Gasteiger partial charge on any atom is 0.161 e. The molecule has 0 saturated carbocycles. The summed E-state index contributed by atoms with van der Waals surface area (Å²) in [4.78, 5) is 7.49. The summed E-state index contributed by atoms with van der Waals surface area (Å²) in [6.45, 7) is 4.12. The standard InChI is InChI=1S/C16H21N5O2/c17-16(12-20-8-10-22-11-9-20)19-23-13-14-6-7-21(18-14)15-4-2-1-3-5-15/h1-7H,8-13H2,(H2,17,19). The molecular formula is C16H21N5O2. The molecule has 0 spiro atoms. The van der Waals surface area contributed by atoms with Gasteiger partial charge in [-0.3, -0.25) is 4.90 Å². The van der Waals surface area contributed by atoms with Gasteiger partial charge in [0, 0.05) is 19.3 Å². The van der Waals surface area contributed by atoms with E-state index in [1.807, 2.05) is 42.6 Å². The Hall–Kier alpha value is -2.38. The molecule has 2 aromatic rings. The van der Waals surface area contributed by atoms with Crippen LogP contribution in [0.25, 0.3) is 5.69 Å². The van der Waals surface area contributed by atoms with Gasteiger partial charge in [0.15, 0.2) is 12.4 Å². The monoisotopic (exact) mass is 315 g/mol. The van der Waals surface area contributed by atoms with Gasteiger partial charge in [0.25, 0.3) is 0 Å². The Balaban J connectivity index is 1.48. The first-order valence-electron chi connectivity index (χ1n) is 7.65. The highest BCUT2D eigenvalue weighted by Crippen LogP contribution is 2.07. The molecule has 1 aromatic carbocycles. The number of amidine groups is 1. The summed E-state index contributed by atoms with van der Waals surface area (Å²) in [5.74, 6) is 0.467. The number of morpholine rings is 1. The van der Waals surface area contributed by atoms with Crippen molar-refractivity contribution in [2.45, 2.75) is 6.61 Å². The van der Waals surface area contributed by atoms with Crippen molar-refractivity contribution in [3.63, 3.8) is 0 Å². The maximum atomic E-state index is 5.88. The molecular weight excluding hydrogens is 294 g/mol. The van der Waals surface area contributed by atoms with Crippen molar-refractivity contribution in [2.75, 3.05) is 32.8 Å². The number of ether oxygens (including phenoxy) is 1. The normalized spacial score (nSPS) is 16.4. The van der Waals surface area contributed by atoms with Crippen molar-refractivity contribution in [1.82, 2.24) is 14.7 Å². The van der Waals surface area contributed by atoms with Crippen molar-refractivity contribution in [3.8, 4) is 5.69 Å². The summed E-state index contributed by atoms with van der Waals surface area (Å²) in [6, 6.07) is 11.8. The molecule has 1 aliphatic heterocycles. The van der Waals surface area contributed by atoms with Crippen LogP contribution in [-0.4, -0.2) is 53.4 Å². The molecule has 0 atom stereocenters. The van der Waals surface area contributed by atoms with Crippen LogP contribution in [0.2, 0.25) is 0 Å². The second-order valence-electron chi connectivity index (χ2n) is 5.33. The zero-order chi connectivity index (χ0) is 15.9. The van der Waals surface area contributed by atoms with Crippen LogP contribution in [0.5, 0.6) is 0 Å². The summed E-state index contributed by atoms with van der Waals surface area (Å²) in [5.41, 5.74) is 7.69. The number of oxime groups is 1. The van der Waals surface area contributed by atoms with E-state index in [1.165, 1.54) is 0 Å². The molecule has 1 aromatic heterocycles. The van der Waals surface area contributed by atoms with E-state index in [-0.39, 0.29) is 0 Å². The first-order valence-corrected chi connectivity index (χ1v) is 7.65. The minimum absolute atomic E-state index is 0.295. The first-order chi connectivity index (χ1) is 11.3. The lowest BCUT2D eigenvalue weighted by molar-refractivity contribution is 0.0442. The topological polar surface area (TPSA) is 77.9 Å². The number of para-hydroxylation sites is 1. The van der Waals surface area contributed by atoms with Crippen molar-refractivity contribution in [1.29, 1.82) is 0 Å². The van der Waals surface area contributed by atoms with E-state index in [1.54, 1.807) is 4.68 Å². The van der Waals surface area contributed by atoms with Crippen LogP contribution in [0, 0.1) is 0 Å². The number of hydrogen-bond acceptors (Lipinski definition) is 5. The fourth-order valence-corrected chi connectivity index (χ4v) is 2.36. The number of aromatic nitrogens is 2. The van der Waals surface area contributed by atoms with Gasteiger partial charge in [0.1, 0.15) is 5.69 Å². The second kappa shape index (κ2) is 7.75. The highest BCUT2D eigenvalue weighted by molar-refractivity contribution is 5.81. The summed E-state index contributed by atoms with van der Waals surface area (Å²) in [6.07, 6.45) is 1.90.